The molecular weight excluding hydrogens is 248 g/mol. The number of carbonyl (C=O) groups is 2. The first kappa shape index (κ1) is 15.8. The summed E-state index contributed by atoms with van der Waals surface area (Å²) in [7, 11) is 0. The minimum absolute atomic E-state index is 0.0150. The van der Waals surface area contributed by atoms with E-state index in [-0.39, 0.29) is 24.5 Å². The molecule has 6 nitrogen and oxygen atoms in total. The number of aliphatic hydroxyl groups excluding tert-OH is 1. The molecule has 0 aromatic rings. The number of nitrogens with zero attached hydrogens (tertiary/aromatic N) is 1. The Bertz CT molecular complexity index is 338. The molecule has 1 heterocycles. The molecule has 0 saturated carbocycles. The van der Waals surface area contributed by atoms with E-state index < -0.39 is 11.7 Å². The van der Waals surface area contributed by atoms with Gasteiger partial charge in [-0.05, 0) is 27.7 Å². The van der Waals surface area contributed by atoms with Crippen LogP contribution in [0, 0.1) is 5.92 Å². The molecule has 6 heteroatoms. The topological polar surface area (TPSA) is 78.9 Å². The van der Waals surface area contributed by atoms with Gasteiger partial charge >= 0.3 is 6.09 Å². The van der Waals surface area contributed by atoms with Crippen molar-refractivity contribution in [2.45, 2.75) is 45.8 Å². The summed E-state index contributed by atoms with van der Waals surface area (Å²) < 4.78 is 5.15. The molecule has 1 aliphatic rings. The molecule has 1 fully saturated rings. The average Bonchev–Trinajstić information content (AvgIpc) is 2.56. The standard InChI is InChI=1S/C13H24N2O4/c1-9(14-12(18)19-13(2,3)4)6-15-7-10(8-16)5-11(15)17/h9-10,16H,5-8H2,1-4H3,(H,14,18). The first-order valence-corrected chi connectivity index (χ1v) is 6.59. The zero-order valence-electron chi connectivity index (χ0n) is 12.1. The number of hydrogen-bond acceptors (Lipinski definition) is 4. The van der Waals surface area contributed by atoms with E-state index in [0.717, 1.165) is 0 Å². The fraction of sp³-hybridized carbons (Fsp3) is 0.846. The number of nitrogens with one attached hydrogen (secondary N) is 1. The Morgan fingerprint density at radius 1 is 1.58 bits per heavy atom. The predicted octanol–water partition coefficient (Wildman–Crippen LogP) is 0.740. The highest BCUT2D eigenvalue weighted by Crippen LogP contribution is 2.17. The van der Waals surface area contributed by atoms with Gasteiger partial charge in [-0.25, -0.2) is 4.79 Å². The molecule has 1 rings (SSSR count). The van der Waals surface area contributed by atoms with Crippen molar-refractivity contribution < 1.29 is 19.4 Å². The zero-order valence-corrected chi connectivity index (χ0v) is 12.1. The molecule has 1 saturated heterocycles. The van der Waals surface area contributed by atoms with Gasteiger partial charge in [0.2, 0.25) is 5.91 Å². The van der Waals surface area contributed by atoms with Gasteiger partial charge in [0.1, 0.15) is 5.60 Å². The van der Waals surface area contributed by atoms with E-state index in [1.807, 2.05) is 6.92 Å². The van der Waals surface area contributed by atoms with Crippen molar-refractivity contribution in [3.8, 4) is 0 Å². The molecule has 2 atom stereocenters. The van der Waals surface area contributed by atoms with Gasteiger partial charge in [0, 0.05) is 38.1 Å². The summed E-state index contributed by atoms with van der Waals surface area (Å²) in [6.45, 7) is 8.23. The second kappa shape index (κ2) is 6.23. The number of amides is 2. The third kappa shape index (κ3) is 5.46. The lowest BCUT2D eigenvalue weighted by Gasteiger charge is -2.24. The molecule has 2 N–H and O–H groups in total. The summed E-state index contributed by atoms with van der Waals surface area (Å²) in [5, 5.41) is 11.7. The highest BCUT2D eigenvalue weighted by molar-refractivity contribution is 5.78. The van der Waals surface area contributed by atoms with Crippen molar-refractivity contribution in [1.82, 2.24) is 10.2 Å². The molecule has 19 heavy (non-hydrogen) atoms. The van der Waals surface area contributed by atoms with E-state index in [4.69, 9.17) is 9.84 Å². The maximum atomic E-state index is 11.7. The maximum Gasteiger partial charge on any atom is 0.407 e. The molecule has 0 bridgehead atoms. The van der Waals surface area contributed by atoms with Gasteiger partial charge in [-0.15, -0.1) is 0 Å². The maximum absolute atomic E-state index is 11.7. The van der Waals surface area contributed by atoms with Gasteiger partial charge in [0.25, 0.3) is 0 Å². The number of ether oxygens (including phenoxy) is 1. The Hall–Kier alpha value is -1.30. The van der Waals surface area contributed by atoms with E-state index in [1.165, 1.54) is 0 Å². The number of likely N-dealkylation sites (tertiary alicyclic amines) is 1. The Morgan fingerprint density at radius 3 is 2.68 bits per heavy atom. The van der Waals surface area contributed by atoms with Gasteiger partial charge in [0.15, 0.2) is 0 Å². The number of rotatable bonds is 4. The van der Waals surface area contributed by atoms with Crippen LogP contribution in [0.2, 0.25) is 0 Å². The minimum Gasteiger partial charge on any atom is -0.444 e. The van der Waals surface area contributed by atoms with Crippen molar-refractivity contribution in [3.63, 3.8) is 0 Å². The lowest BCUT2D eigenvalue weighted by Crippen LogP contribution is -2.44. The van der Waals surface area contributed by atoms with Crippen LogP contribution < -0.4 is 5.32 Å². The van der Waals surface area contributed by atoms with Crippen LogP contribution in [-0.4, -0.2) is 53.3 Å². The SMILES string of the molecule is CC(CN1CC(CO)CC1=O)NC(=O)OC(C)(C)C. The van der Waals surface area contributed by atoms with Crippen molar-refractivity contribution in [2.24, 2.45) is 5.92 Å². The van der Waals surface area contributed by atoms with Crippen molar-refractivity contribution >= 4 is 12.0 Å². The fourth-order valence-electron chi connectivity index (χ4n) is 2.04. The van der Waals surface area contributed by atoms with Crippen LogP contribution in [0.15, 0.2) is 0 Å². The molecule has 2 amide bonds. The number of carbonyl (C=O) groups excluding carboxylic acids is 2. The molecule has 0 aliphatic carbocycles. The largest absolute Gasteiger partial charge is 0.444 e. The Balaban J connectivity index is 2.37. The number of alkyl carbamates (subject to hydrolysis) is 1. The van der Waals surface area contributed by atoms with E-state index in [2.05, 4.69) is 5.32 Å². The predicted molar refractivity (Wildman–Crippen MR) is 70.6 cm³/mol. The van der Waals surface area contributed by atoms with Gasteiger partial charge in [-0.1, -0.05) is 0 Å². The lowest BCUT2D eigenvalue weighted by molar-refractivity contribution is -0.128. The monoisotopic (exact) mass is 272 g/mol. The molecule has 0 spiro atoms. The molecule has 2 unspecified atom stereocenters. The molecule has 0 radical (unpaired) electrons. The van der Waals surface area contributed by atoms with Crippen LogP contribution in [0.25, 0.3) is 0 Å². The molecule has 1 aliphatic heterocycles. The van der Waals surface area contributed by atoms with Crippen molar-refractivity contribution in [2.75, 3.05) is 19.7 Å². The Morgan fingerprint density at radius 2 is 2.21 bits per heavy atom. The van der Waals surface area contributed by atoms with Crippen molar-refractivity contribution in [1.29, 1.82) is 0 Å². The summed E-state index contributed by atoms with van der Waals surface area (Å²) in [4.78, 5) is 24.9. The van der Waals surface area contributed by atoms with Gasteiger partial charge in [-0.3, -0.25) is 4.79 Å². The second-order valence-corrected chi connectivity index (χ2v) is 6.10. The minimum atomic E-state index is -0.532. The first-order chi connectivity index (χ1) is 8.71. The van der Waals surface area contributed by atoms with Crippen LogP contribution in [0.5, 0.6) is 0 Å². The third-order valence-corrected chi connectivity index (χ3v) is 2.81. The number of aliphatic hydroxyl groups is 1. The molecule has 110 valence electrons. The van der Waals surface area contributed by atoms with E-state index in [1.54, 1.807) is 25.7 Å². The van der Waals surface area contributed by atoms with Crippen LogP contribution in [0.4, 0.5) is 4.79 Å². The Labute approximate surface area is 114 Å². The normalized spacial score (nSPS) is 21.4. The smallest absolute Gasteiger partial charge is 0.407 e. The van der Waals surface area contributed by atoms with Gasteiger partial charge in [0.05, 0.1) is 0 Å². The second-order valence-electron chi connectivity index (χ2n) is 6.10. The Kier molecular flexibility index (Phi) is 5.17. The van der Waals surface area contributed by atoms with Crippen LogP contribution in [-0.2, 0) is 9.53 Å². The molecule has 0 aromatic carbocycles. The summed E-state index contributed by atoms with van der Waals surface area (Å²) in [6.07, 6.45) is -0.0966. The highest BCUT2D eigenvalue weighted by Gasteiger charge is 2.30. The highest BCUT2D eigenvalue weighted by atomic mass is 16.6. The van der Waals surface area contributed by atoms with E-state index >= 15 is 0 Å². The van der Waals surface area contributed by atoms with Crippen molar-refractivity contribution in [3.05, 3.63) is 0 Å². The van der Waals surface area contributed by atoms with Crippen LogP contribution in [0.3, 0.4) is 0 Å². The van der Waals surface area contributed by atoms with Crippen LogP contribution in [0.1, 0.15) is 34.1 Å². The van der Waals surface area contributed by atoms with E-state index in [0.29, 0.717) is 19.5 Å². The summed E-state index contributed by atoms with van der Waals surface area (Å²) in [6, 6.07) is -0.184. The number of hydrogen-bond donors (Lipinski definition) is 2. The summed E-state index contributed by atoms with van der Waals surface area (Å²) in [5.74, 6) is 0.0399. The summed E-state index contributed by atoms with van der Waals surface area (Å²) >= 11 is 0. The quantitative estimate of drug-likeness (QED) is 0.791. The first-order valence-electron chi connectivity index (χ1n) is 6.59. The summed E-state index contributed by atoms with van der Waals surface area (Å²) in [5.41, 5.74) is -0.532. The molecular formula is C13H24N2O4. The zero-order chi connectivity index (χ0) is 14.6. The van der Waals surface area contributed by atoms with Gasteiger partial charge in [-0.2, -0.15) is 0 Å². The van der Waals surface area contributed by atoms with Crippen LogP contribution >= 0.6 is 0 Å². The molecule has 0 aromatic heterocycles. The van der Waals surface area contributed by atoms with Gasteiger partial charge < -0.3 is 20.1 Å². The third-order valence-electron chi connectivity index (χ3n) is 2.81. The average molecular weight is 272 g/mol. The fourth-order valence-corrected chi connectivity index (χ4v) is 2.04. The van der Waals surface area contributed by atoms with E-state index in [9.17, 15) is 9.59 Å². The lowest BCUT2D eigenvalue weighted by atomic mass is 10.1.